The van der Waals surface area contributed by atoms with Crippen molar-refractivity contribution in [1.82, 2.24) is 4.90 Å². The van der Waals surface area contributed by atoms with Crippen molar-refractivity contribution in [1.29, 1.82) is 0 Å². The summed E-state index contributed by atoms with van der Waals surface area (Å²) in [7, 11) is -3.81. The zero-order valence-corrected chi connectivity index (χ0v) is 14.6. The van der Waals surface area contributed by atoms with Crippen LogP contribution in [-0.2, 0) is 18.6 Å². The van der Waals surface area contributed by atoms with E-state index in [9.17, 15) is 14.3 Å². The number of likely N-dealkylation sites (tertiary alicyclic amines) is 1. The van der Waals surface area contributed by atoms with E-state index in [2.05, 4.69) is 0 Å². The standard InChI is InChI=1S/C14H26NO6P/c1-5-20-22(17,18)11-8-15(12(16)21-13(2,3)4)9-14(11)6-7-19-10-14/h11H,5-10H2,1-4H3,(H,17,18). The van der Waals surface area contributed by atoms with Gasteiger partial charge in [-0.25, -0.2) is 4.79 Å². The number of amides is 1. The van der Waals surface area contributed by atoms with Crippen LogP contribution >= 0.6 is 7.60 Å². The highest BCUT2D eigenvalue weighted by Crippen LogP contribution is 2.59. The fourth-order valence-corrected chi connectivity index (χ4v) is 5.08. The van der Waals surface area contributed by atoms with Gasteiger partial charge in [-0.3, -0.25) is 4.57 Å². The van der Waals surface area contributed by atoms with Gasteiger partial charge in [0.2, 0.25) is 0 Å². The van der Waals surface area contributed by atoms with Crippen LogP contribution in [0.25, 0.3) is 0 Å². The Labute approximate surface area is 131 Å². The van der Waals surface area contributed by atoms with Crippen molar-refractivity contribution in [3.05, 3.63) is 0 Å². The van der Waals surface area contributed by atoms with Crippen molar-refractivity contribution < 1.29 is 28.3 Å². The first-order valence-electron chi connectivity index (χ1n) is 7.62. The molecule has 2 fully saturated rings. The predicted molar refractivity (Wildman–Crippen MR) is 80.9 cm³/mol. The third-order valence-electron chi connectivity index (χ3n) is 4.10. The molecule has 1 N–H and O–H groups in total. The van der Waals surface area contributed by atoms with Gasteiger partial charge in [-0.1, -0.05) is 0 Å². The second kappa shape index (κ2) is 6.11. The van der Waals surface area contributed by atoms with Gasteiger partial charge in [0, 0.05) is 25.1 Å². The van der Waals surface area contributed by atoms with Gasteiger partial charge in [0.1, 0.15) is 5.60 Å². The molecule has 3 atom stereocenters. The summed E-state index contributed by atoms with van der Waals surface area (Å²) in [5.41, 5.74) is -1.75. The third kappa shape index (κ3) is 3.65. The molecule has 1 amide bonds. The van der Waals surface area contributed by atoms with Gasteiger partial charge < -0.3 is 23.8 Å². The molecule has 128 valence electrons. The van der Waals surface area contributed by atoms with Crippen LogP contribution in [0, 0.1) is 5.41 Å². The molecule has 2 aliphatic heterocycles. The van der Waals surface area contributed by atoms with Crippen molar-refractivity contribution >= 4 is 13.7 Å². The summed E-state index contributed by atoms with van der Waals surface area (Å²) >= 11 is 0. The van der Waals surface area contributed by atoms with Gasteiger partial charge in [0.15, 0.2) is 0 Å². The average Bonchev–Trinajstić information content (AvgIpc) is 2.96. The zero-order chi connectivity index (χ0) is 16.6. The molecule has 7 nitrogen and oxygen atoms in total. The fourth-order valence-electron chi connectivity index (χ4n) is 3.15. The van der Waals surface area contributed by atoms with E-state index in [-0.39, 0.29) is 13.2 Å². The number of rotatable bonds is 3. The Morgan fingerprint density at radius 1 is 1.50 bits per heavy atom. The molecule has 1 spiro atoms. The highest BCUT2D eigenvalue weighted by molar-refractivity contribution is 7.53. The smallest absolute Gasteiger partial charge is 0.410 e. The quantitative estimate of drug-likeness (QED) is 0.796. The van der Waals surface area contributed by atoms with Gasteiger partial charge in [0.25, 0.3) is 0 Å². The summed E-state index contributed by atoms with van der Waals surface area (Å²) < 4.78 is 28.5. The van der Waals surface area contributed by atoms with E-state index in [4.69, 9.17) is 14.0 Å². The Hall–Kier alpha value is -0.620. The van der Waals surface area contributed by atoms with E-state index in [1.807, 2.05) is 0 Å². The first-order valence-corrected chi connectivity index (χ1v) is 9.27. The van der Waals surface area contributed by atoms with Crippen LogP contribution in [0.4, 0.5) is 4.79 Å². The molecule has 0 aromatic rings. The Morgan fingerprint density at radius 2 is 2.18 bits per heavy atom. The predicted octanol–water partition coefficient (Wildman–Crippen LogP) is 2.23. The maximum Gasteiger partial charge on any atom is 0.410 e. The SMILES string of the molecule is CCOP(=O)(O)C1CN(C(=O)OC(C)(C)C)CC12CCOC2. The summed E-state index contributed by atoms with van der Waals surface area (Å²) in [6, 6.07) is 0. The van der Waals surface area contributed by atoms with Crippen LogP contribution in [0.1, 0.15) is 34.1 Å². The molecule has 0 saturated carbocycles. The Balaban J connectivity index is 2.19. The van der Waals surface area contributed by atoms with Crippen LogP contribution in [0.3, 0.4) is 0 Å². The van der Waals surface area contributed by atoms with Crippen LogP contribution in [0.15, 0.2) is 0 Å². The number of hydrogen-bond donors (Lipinski definition) is 1. The van der Waals surface area contributed by atoms with Crippen molar-refractivity contribution in [2.75, 3.05) is 32.9 Å². The second-order valence-electron chi connectivity index (χ2n) is 7.02. The molecule has 2 heterocycles. The minimum Gasteiger partial charge on any atom is -0.444 e. The molecule has 0 aromatic carbocycles. The van der Waals surface area contributed by atoms with E-state index >= 15 is 0 Å². The van der Waals surface area contributed by atoms with Gasteiger partial charge >= 0.3 is 13.7 Å². The summed E-state index contributed by atoms with van der Waals surface area (Å²) in [5.74, 6) is 0. The average molecular weight is 335 g/mol. The minimum atomic E-state index is -3.81. The Bertz CT molecular complexity index is 468. The summed E-state index contributed by atoms with van der Waals surface area (Å²) in [5, 5.41) is 0. The van der Waals surface area contributed by atoms with Crippen LogP contribution in [-0.4, -0.2) is 60.1 Å². The summed E-state index contributed by atoms with van der Waals surface area (Å²) in [6.07, 6.45) is 0.187. The molecular weight excluding hydrogens is 309 g/mol. The van der Waals surface area contributed by atoms with E-state index < -0.39 is 30.4 Å². The lowest BCUT2D eigenvalue weighted by Crippen LogP contribution is -2.37. The Kier molecular flexibility index (Phi) is 4.93. The van der Waals surface area contributed by atoms with Gasteiger partial charge in [-0.15, -0.1) is 0 Å². The summed E-state index contributed by atoms with van der Waals surface area (Å²) in [4.78, 5) is 24.1. The number of carbonyl (C=O) groups is 1. The lowest BCUT2D eigenvalue weighted by molar-refractivity contribution is 0.0269. The normalized spacial score (nSPS) is 31.5. The van der Waals surface area contributed by atoms with Crippen LogP contribution in [0.2, 0.25) is 0 Å². The number of hydrogen-bond acceptors (Lipinski definition) is 5. The molecule has 0 bridgehead atoms. The largest absolute Gasteiger partial charge is 0.444 e. The van der Waals surface area contributed by atoms with Crippen molar-refractivity contribution in [3.8, 4) is 0 Å². The van der Waals surface area contributed by atoms with Crippen molar-refractivity contribution in [2.45, 2.75) is 45.4 Å². The zero-order valence-electron chi connectivity index (χ0n) is 13.7. The first-order chi connectivity index (χ1) is 10.1. The molecule has 2 aliphatic rings. The van der Waals surface area contributed by atoms with Gasteiger partial charge in [-0.05, 0) is 34.1 Å². The minimum absolute atomic E-state index is 0.159. The second-order valence-corrected chi connectivity index (χ2v) is 9.03. The maximum atomic E-state index is 12.5. The lowest BCUT2D eigenvalue weighted by Gasteiger charge is -2.30. The number of nitrogens with zero attached hydrogens (tertiary/aromatic N) is 1. The van der Waals surface area contributed by atoms with Crippen LogP contribution in [0.5, 0.6) is 0 Å². The summed E-state index contributed by atoms with van der Waals surface area (Å²) in [6.45, 7) is 8.66. The van der Waals surface area contributed by atoms with E-state index in [0.717, 1.165) is 0 Å². The topological polar surface area (TPSA) is 85.3 Å². The van der Waals surface area contributed by atoms with Crippen LogP contribution < -0.4 is 0 Å². The van der Waals surface area contributed by atoms with Gasteiger partial charge in [0.05, 0.1) is 18.9 Å². The molecule has 0 aromatic heterocycles. The van der Waals surface area contributed by atoms with Crippen molar-refractivity contribution in [3.63, 3.8) is 0 Å². The van der Waals surface area contributed by atoms with E-state index in [1.165, 1.54) is 4.90 Å². The molecule has 2 saturated heterocycles. The highest BCUT2D eigenvalue weighted by Gasteiger charge is 2.58. The maximum absolute atomic E-state index is 12.5. The molecule has 8 heteroatoms. The monoisotopic (exact) mass is 335 g/mol. The fraction of sp³-hybridized carbons (Fsp3) is 0.929. The first kappa shape index (κ1) is 17.7. The highest BCUT2D eigenvalue weighted by atomic mass is 31.2. The third-order valence-corrected chi connectivity index (χ3v) is 6.23. The molecule has 3 unspecified atom stereocenters. The number of carbonyl (C=O) groups excluding carboxylic acids is 1. The molecular formula is C14H26NO6P. The molecule has 22 heavy (non-hydrogen) atoms. The van der Waals surface area contributed by atoms with Crippen molar-refractivity contribution in [2.24, 2.45) is 5.41 Å². The molecule has 2 rings (SSSR count). The Morgan fingerprint density at radius 3 is 2.68 bits per heavy atom. The number of ether oxygens (including phenoxy) is 2. The van der Waals surface area contributed by atoms with E-state index in [0.29, 0.717) is 26.2 Å². The van der Waals surface area contributed by atoms with Gasteiger partial charge in [-0.2, -0.15) is 0 Å². The van der Waals surface area contributed by atoms with E-state index in [1.54, 1.807) is 27.7 Å². The lowest BCUT2D eigenvalue weighted by atomic mass is 9.86. The molecule has 0 radical (unpaired) electrons. The molecule has 0 aliphatic carbocycles.